The predicted molar refractivity (Wildman–Crippen MR) is 81.8 cm³/mol. The molecule has 1 heterocycles. The van der Waals surface area contributed by atoms with Gasteiger partial charge in [0, 0.05) is 0 Å². The molecule has 108 valence electrons. The summed E-state index contributed by atoms with van der Waals surface area (Å²) < 4.78 is 1.91. The number of halogens is 1. The molecule has 0 aliphatic heterocycles. The molecule has 2 atom stereocenters. The van der Waals surface area contributed by atoms with Crippen molar-refractivity contribution in [1.29, 1.82) is 0 Å². The molecule has 0 saturated carbocycles. The quantitative estimate of drug-likeness (QED) is 0.879. The molecule has 0 aliphatic carbocycles. The van der Waals surface area contributed by atoms with Gasteiger partial charge < -0.3 is 10.3 Å². The van der Waals surface area contributed by atoms with Gasteiger partial charge in [0.25, 0.3) is 0 Å². The summed E-state index contributed by atoms with van der Waals surface area (Å²) >= 11 is 6.25. The lowest BCUT2D eigenvalue weighted by molar-refractivity contribution is -0.122. The highest BCUT2D eigenvalue weighted by Crippen LogP contribution is 2.32. The molecule has 1 aromatic heterocycles. The highest BCUT2D eigenvalue weighted by atomic mass is 35.5. The molecule has 0 aliphatic rings. The summed E-state index contributed by atoms with van der Waals surface area (Å²) in [5, 5.41) is -0.289. The van der Waals surface area contributed by atoms with E-state index in [1.54, 1.807) is 0 Å². The number of hydrogen-bond donors (Lipinski definition) is 1. The summed E-state index contributed by atoms with van der Waals surface area (Å²) in [5.41, 5.74) is 8.45. The number of aromatic nitrogens is 2. The molecule has 2 aromatic rings. The van der Waals surface area contributed by atoms with Gasteiger partial charge in [-0.25, -0.2) is 4.98 Å². The molecule has 0 fully saturated rings. The minimum atomic E-state index is -0.447. The number of aryl methyl sites for hydroxylation is 1. The smallest absolute Gasteiger partial charge is 0.240 e. The molecule has 0 bridgehead atoms. The molecule has 0 radical (unpaired) electrons. The van der Waals surface area contributed by atoms with Crippen molar-refractivity contribution in [2.45, 2.75) is 39.1 Å². The number of amides is 1. The fraction of sp³-hybridized carbons (Fsp3) is 0.467. The van der Waals surface area contributed by atoms with Gasteiger partial charge >= 0.3 is 0 Å². The van der Waals surface area contributed by atoms with Crippen molar-refractivity contribution in [3.63, 3.8) is 0 Å². The first-order valence-electron chi connectivity index (χ1n) is 6.75. The van der Waals surface area contributed by atoms with E-state index in [2.05, 4.69) is 4.98 Å². The first kappa shape index (κ1) is 14.9. The van der Waals surface area contributed by atoms with E-state index in [9.17, 15) is 4.79 Å². The van der Waals surface area contributed by atoms with Crippen LogP contribution in [0.3, 0.4) is 0 Å². The van der Waals surface area contributed by atoms with Crippen molar-refractivity contribution in [3.05, 3.63) is 29.6 Å². The second-order valence-electron chi connectivity index (χ2n) is 5.49. The maximum Gasteiger partial charge on any atom is 0.240 e. The van der Waals surface area contributed by atoms with Gasteiger partial charge in [-0.15, -0.1) is 11.6 Å². The SMILES string of the molecule is Cc1cccc2nc(C(C)Cl)n(C(C(N)=O)C(C)C)c12. The number of hydrogen-bond acceptors (Lipinski definition) is 2. The molecule has 4 nitrogen and oxygen atoms in total. The van der Waals surface area contributed by atoms with Crippen LogP contribution in [0.25, 0.3) is 11.0 Å². The fourth-order valence-electron chi connectivity index (χ4n) is 2.66. The Bertz CT molecular complexity index is 646. The van der Waals surface area contributed by atoms with Crippen LogP contribution in [-0.4, -0.2) is 15.5 Å². The number of alkyl halides is 1. The topological polar surface area (TPSA) is 60.9 Å². The van der Waals surface area contributed by atoms with Gasteiger partial charge in [-0.1, -0.05) is 26.0 Å². The summed E-state index contributed by atoms with van der Waals surface area (Å²) in [7, 11) is 0. The van der Waals surface area contributed by atoms with Crippen LogP contribution < -0.4 is 5.73 Å². The van der Waals surface area contributed by atoms with Crippen molar-refractivity contribution in [2.24, 2.45) is 11.7 Å². The molecular weight excluding hydrogens is 274 g/mol. The van der Waals surface area contributed by atoms with Crippen LogP contribution in [0.4, 0.5) is 0 Å². The molecule has 5 heteroatoms. The third kappa shape index (κ3) is 2.40. The third-order valence-electron chi connectivity index (χ3n) is 3.50. The van der Waals surface area contributed by atoms with E-state index in [0.717, 1.165) is 16.6 Å². The van der Waals surface area contributed by atoms with Gasteiger partial charge in [0.1, 0.15) is 11.9 Å². The van der Waals surface area contributed by atoms with E-state index in [-0.39, 0.29) is 17.2 Å². The van der Waals surface area contributed by atoms with E-state index < -0.39 is 6.04 Å². The van der Waals surface area contributed by atoms with Crippen molar-refractivity contribution >= 4 is 28.5 Å². The number of nitrogens with two attached hydrogens (primary N) is 1. The monoisotopic (exact) mass is 293 g/mol. The zero-order valence-corrected chi connectivity index (χ0v) is 13.0. The molecule has 2 rings (SSSR count). The summed E-state index contributed by atoms with van der Waals surface area (Å²) in [4.78, 5) is 16.5. The lowest BCUT2D eigenvalue weighted by Gasteiger charge is -2.23. The number of para-hydroxylation sites is 1. The fourth-order valence-corrected chi connectivity index (χ4v) is 2.81. The van der Waals surface area contributed by atoms with E-state index in [0.29, 0.717) is 5.82 Å². The van der Waals surface area contributed by atoms with Crippen LogP contribution in [0.15, 0.2) is 18.2 Å². The molecular formula is C15H20ClN3O. The Morgan fingerprint density at radius 2 is 2.00 bits per heavy atom. The van der Waals surface area contributed by atoms with E-state index in [4.69, 9.17) is 17.3 Å². The molecule has 2 unspecified atom stereocenters. The zero-order chi connectivity index (χ0) is 15.0. The zero-order valence-electron chi connectivity index (χ0n) is 12.2. The number of primary amides is 1. The van der Waals surface area contributed by atoms with Gasteiger partial charge in [-0.3, -0.25) is 4.79 Å². The molecule has 0 spiro atoms. The highest BCUT2D eigenvalue weighted by Gasteiger charge is 2.28. The third-order valence-corrected chi connectivity index (χ3v) is 3.69. The van der Waals surface area contributed by atoms with E-state index in [1.165, 1.54) is 0 Å². The molecule has 20 heavy (non-hydrogen) atoms. The number of fused-ring (bicyclic) bond motifs is 1. The van der Waals surface area contributed by atoms with Crippen LogP contribution >= 0.6 is 11.6 Å². The normalized spacial score (nSPS) is 14.7. The van der Waals surface area contributed by atoms with Crippen LogP contribution in [0, 0.1) is 12.8 Å². The van der Waals surface area contributed by atoms with Crippen LogP contribution in [-0.2, 0) is 4.79 Å². The molecule has 2 N–H and O–H groups in total. The van der Waals surface area contributed by atoms with Gasteiger partial charge in [-0.05, 0) is 31.4 Å². The Balaban J connectivity index is 2.83. The standard InChI is InChI=1S/C15H20ClN3O/c1-8(2)12(14(17)20)19-13-9(3)6-5-7-11(13)18-15(19)10(4)16/h5-8,10,12H,1-4H3,(H2,17,20). The van der Waals surface area contributed by atoms with E-state index in [1.807, 2.05) is 50.5 Å². The first-order chi connectivity index (χ1) is 9.34. The Labute approximate surface area is 123 Å². The summed E-state index contributed by atoms with van der Waals surface area (Å²) in [6, 6.07) is 5.44. The Morgan fingerprint density at radius 3 is 2.50 bits per heavy atom. The lowest BCUT2D eigenvalue weighted by atomic mass is 10.0. The largest absolute Gasteiger partial charge is 0.368 e. The van der Waals surface area contributed by atoms with Crippen LogP contribution in [0.2, 0.25) is 0 Å². The van der Waals surface area contributed by atoms with Gasteiger partial charge in [-0.2, -0.15) is 0 Å². The number of imidazole rings is 1. The average molecular weight is 294 g/mol. The van der Waals surface area contributed by atoms with Crippen molar-refractivity contribution in [2.75, 3.05) is 0 Å². The Hall–Kier alpha value is -1.55. The number of carbonyl (C=O) groups is 1. The first-order valence-corrected chi connectivity index (χ1v) is 7.19. The van der Waals surface area contributed by atoms with Crippen LogP contribution in [0.5, 0.6) is 0 Å². The summed E-state index contributed by atoms with van der Waals surface area (Å²) in [6.45, 7) is 7.80. The minimum absolute atomic E-state index is 0.0682. The molecule has 0 saturated heterocycles. The van der Waals surface area contributed by atoms with Gasteiger partial charge in [0.2, 0.25) is 5.91 Å². The maximum absolute atomic E-state index is 11.9. The highest BCUT2D eigenvalue weighted by molar-refractivity contribution is 6.20. The summed E-state index contributed by atoms with van der Waals surface area (Å²) in [6.07, 6.45) is 0. The molecule has 1 amide bonds. The maximum atomic E-state index is 11.9. The second kappa shape index (κ2) is 5.44. The lowest BCUT2D eigenvalue weighted by Crippen LogP contribution is -2.31. The number of carbonyl (C=O) groups excluding carboxylic acids is 1. The van der Waals surface area contributed by atoms with E-state index >= 15 is 0 Å². The van der Waals surface area contributed by atoms with Crippen molar-refractivity contribution in [3.8, 4) is 0 Å². The number of rotatable bonds is 4. The van der Waals surface area contributed by atoms with Crippen LogP contribution in [0.1, 0.15) is 43.6 Å². The minimum Gasteiger partial charge on any atom is -0.368 e. The Kier molecular flexibility index (Phi) is 4.04. The van der Waals surface area contributed by atoms with Gasteiger partial charge in [0.05, 0.1) is 16.4 Å². The number of benzene rings is 1. The van der Waals surface area contributed by atoms with Crippen molar-refractivity contribution in [1.82, 2.24) is 9.55 Å². The average Bonchev–Trinajstić information content (AvgIpc) is 2.69. The second-order valence-corrected chi connectivity index (χ2v) is 6.14. The van der Waals surface area contributed by atoms with Gasteiger partial charge in [0.15, 0.2) is 0 Å². The molecule has 1 aromatic carbocycles. The Morgan fingerprint density at radius 1 is 1.35 bits per heavy atom. The number of nitrogens with zero attached hydrogens (tertiary/aromatic N) is 2. The predicted octanol–water partition coefficient (Wildman–Crippen LogP) is 3.33. The van der Waals surface area contributed by atoms with Crippen molar-refractivity contribution < 1.29 is 4.79 Å². The summed E-state index contributed by atoms with van der Waals surface area (Å²) in [5.74, 6) is 0.397.